The van der Waals surface area contributed by atoms with Crippen LogP contribution >= 0.6 is 0 Å². The van der Waals surface area contributed by atoms with Crippen molar-refractivity contribution in [3.8, 4) is 0 Å². The van der Waals surface area contributed by atoms with Gasteiger partial charge in [-0.3, -0.25) is 0 Å². The molecule has 0 aromatic heterocycles. The van der Waals surface area contributed by atoms with Gasteiger partial charge in [-0.15, -0.1) is 0 Å². The van der Waals surface area contributed by atoms with Gasteiger partial charge in [-0.25, -0.2) is 4.79 Å². The van der Waals surface area contributed by atoms with Gasteiger partial charge in [0, 0.05) is 12.7 Å². The molecule has 0 aliphatic heterocycles. The van der Waals surface area contributed by atoms with Crippen LogP contribution in [0.5, 0.6) is 0 Å². The van der Waals surface area contributed by atoms with Crippen molar-refractivity contribution in [1.29, 1.82) is 0 Å². The molecule has 0 aliphatic rings. The summed E-state index contributed by atoms with van der Waals surface area (Å²) in [6, 6.07) is 0. The Balaban J connectivity index is 3.03. The topological polar surface area (TPSA) is 90.9 Å². The summed E-state index contributed by atoms with van der Waals surface area (Å²) in [6.45, 7) is 13.3. The first kappa shape index (κ1) is 34.9. The maximum absolute atomic E-state index is 10.8. The average Bonchev–Trinajstić information content (AvgIpc) is 2.89. The van der Waals surface area contributed by atoms with Gasteiger partial charge >= 0.3 is 5.97 Å². The van der Waals surface area contributed by atoms with Crippen LogP contribution in [0.15, 0.2) is 12.7 Å². The van der Waals surface area contributed by atoms with E-state index in [2.05, 4.69) is 13.5 Å². The first-order valence-electron chi connectivity index (χ1n) is 13.6. The second-order valence-electron chi connectivity index (χ2n) is 8.13. The van der Waals surface area contributed by atoms with Crippen molar-refractivity contribution in [2.45, 2.75) is 58.3 Å². The van der Waals surface area contributed by atoms with Gasteiger partial charge < -0.3 is 37.9 Å². The van der Waals surface area contributed by atoms with Crippen molar-refractivity contribution in [2.75, 3.05) is 99.1 Å². The molecule has 0 saturated carbocycles. The molecule has 0 rings (SSSR count). The van der Waals surface area contributed by atoms with Gasteiger partial charge in [-0.05, 0) is 6.42 Å². The van der Waals surface area contributed by atoms with Gasteiger partial charge in [0.05, 0.1) is 85.9 Å². The highest BCUT2D eigenvalue weighted by atomic mass is 16.6. The third-order valence-corrected chi connectivity index (χ3v) is 5.01. The zero-order valence-electron chi connectivity index (χ0n) is 22.7. The smallest absolute Gasteiger partial charge is 0.330 e. The van der Waals surface area contributed by atoms with Gasteiger partial charge in [0.1, 0.15) is 6.61 Å². The molecule has 9 nitrogen and oxygen atoms in total. The SMILES string of the molecule is C=CC(=O)OCCOCCOCCOCCOCCOCCOCCOCCCCCCCCCC. The highest BCUT2D eigenvalue weighted by Gasteiger charge is 1.97. The average molecular weight is 521 g/mol. The largest absolute Gasteiger partial charge is 0.460 e. The fraction of sp³-hybridized carbons (Fsp3) is 0.889. The van der Waals surface area contributed by atoms with E-state index >= 15 is 0 Å². The minimum Gasteiger partial charge on any atom is -0.460 e. The van der Waals surface area contributed by atoms with Crippen molar-refractivity contribution in [3.63, 3.8) is 0 Å². The van der Waals surface area contributed by atoms with E-state index in [0.29, 0.717) is 85.9 Å². The molecule has 0 atom stereocenters. The lowest BCUT2D eigenvalue weighted by Gasteiger charge is -2.08. The standard InChI is InChI=1S/C27H52O9/c1-3-5-6-7-8-9-10-11-12-29-13-14-30-15-16-31-17-18-32-19-20-33-21-22-34-23-24-35-25-26-36-27(28)4-2/h4H,2-3,5-26H2,1H3. The van der Waals surface area contributed by atoms with Crippen LogP contribution in [0.1, 0.15) is 58.3 Å². The van der Waals surface area contributed by atoms with Crippen LogP contribution in [0.25, 0.3) is 0 Å². The van der Waals surface area contributed by atoms with E-state index in [1.165, 1.54) is 44.9 Å². The fourth-order valence-corrected chi connectivity index (χ4v) is 3.02. The van der Waals surface area contributed by atoms with Crippen LogP contribution in [-0.4, -0.2) is 105 Å². The molecule has 36 heavy (non-hydrogen) atoms. The fourth-order valence-electron chi connectivity index (χ4n) is 3.02. The van der Waals surface area contributed by atoms with Crippen LogP contribution in [0.4, 0.5) is 0 Å². The van der Waals surface area contributed by atoms with Crippen LogP contribution in [0.3, 0.4) is 0 Å². The molecule has 0 aromatic rings. The molecule has 0 aliphatic carbocycles. The van der Waals surface area contributed by atoms with E-state index in [-0.39, 0.29) is 6.61 Å². The van der Waals surface area contributed by atoms with E-state index in [0.717, 1.165) is 19.1 Å². The zero-order valence-corrected chi connectivity index (χ0v) is 22.7. The minimum atomic E-state index is -0.450. The van der Waals surface area contributed by atoms with Crippen molar-refractivity contribution in [1.82, 2.24) is 0 Å². The second kappa shape index (κ2) is 32.0. The molecule has 0 amide bonds. The Morgan fingerprint density at radius 1 is 0.472 bits per heavy atom. The molecule has 0 aromatic carbocycles. The van der Waals surface area contributed by atoms with Crippen molar-refractivity contribution in [2.24, 2.45) is 0 Å². The van der Waals surface area contributed by atoms with Gasteiger partial charge in [0.2, 0.25) is 0 Å². The molecule has 0 radical (unpaired) electrons. The second-order valence-corrected chi connectivity index (χ2v) is 8.13. The van der Waals surface area contributed by atoms with Gasteiger partial charge in [0.25, 0.3) is 0 Å². The number of esters is 1. The number of rotatable bonds is 31. The zero-order chi connectivity index (χ0) is 26.2. The Labute approximate surface area is 219 Å². The van der Waals surface area contributed by atoms with Crippen molar-refractivity contribution in [3.05, 3.63) is 12.7 Å². The minimum absolute atomic E-state index is 0.210. The normalized spacial score (nSPS) is 11.1. The summed E-state index contributed by atoms with van der Waals surface area (Å²) in [6.07, 6.45) is 11.6. The van der Waals surface area contributed by atoms with E-state index < -0.39 is 5.97 Å². The first-order valence-corrected chi connectivity index (χ1v) is 13.6. The van der Waals surface area contributed by atoms with Crippen molar-refractivity contribution < 1.29 is 42.7 Å². The number of ether oxygens (including phenoxy) is 8. The Bertz CT molecular complexity index is 449. The summed E-state index contributed by atoms with van der Waals surface area (Å²) in [5.74, 6) is -0.450. The Kier molecular flexibility index (Phi) is 31.0. The molecular formula is C27H52O9. The predicted octanol–water partition coefficient (Wildman–Crippen LogP) is 3.97. The summed E-state index contributed by atoms with van der Waals surface area (Å²) in [4.78, 5) is 10.8. The van der Waals surface area contributed by atoms with Gasteiger partial charge in [-0.1, -0.05) is 58.4 Å². The summed E-state index contributed by atoms with van der Waals surface area (Å²) >= 11 is 0. The molecule has 0 spiro atoms. The predicted molar refractivity (Wildman–Crippen MR) is 139 cm³/mol. The lowest BCUT2D eigenvalue weighted by Crippen LogP contribution is -2.15. The highest BCUT2D eigenvalue weighted by Crippen LogP contribution is 2.08. The highest BCUT2D eigenvalue weighted by molar-refractivity contribution is 5.81. The lowest BCUT2D eigenvalue weighted by molar-refractivity contribution is -0.139. The monoisotopic (exact) mass is 520 g/mol. The molecule has 0 saturated heterocycles. The quantitative estimate of drug-likeness (QED) is 0.0765. The third kappa shape index (κ3) is 31.0. The Morgan fingerprint density at radius 3 is 1.14 bits per heavy atom. The van der Waals surface area contributed by atoms with Crippen molar-refractivity contribution >= 4 is 5.97 Å². The van der Waals surface area contributed by atoms with E-state index in [4.69, 9.17) is 37.9 Å². The van der Waals surface area contributed by atoms with Crippen LogP contribution < -0.4 is 0 Å². The lowest BCUT2D eigenvalue weighted by atomic mass is 10.1. The summed E-state index contributed by atoms with van der Waals surface area (Å²) in [7, 11) is 0. The summed E-state index contributed by atoms with van der Waals surface area (Å²) < 4.78 is 42.9. The molecule has 0 bridgehead atoms. The van der Waals surface area contributed by atoms with E-state index in [1.807, 2.05) is 0 Å². The number of carbonyl (C=O) groups excluding carboxylic acids is 1. The van der Waals surface area contributed by atoms with Crippen LogP contribution in [-0.2, 0) is 42.7 Å². The number of hydrogen-bond acceptors (Lipinski definition) is 9. The van der Waals surface area contributed by atoms with E-state index in [1.54, 1.807) is 0 Å². The molecule has 214 valence electrons. The maximum atomic E-state index is 10.8. The maximum Gasteiger partial charge on any atom is 0.330 e. The van der Waals surface area contributed by atoms with Gasteiger partial charge in [0.15, 0.2) is 0 Å². The molecule has 0 unspecified atom stereocenters. The number of unbranched alkanes of at least 4 members (excludes halogenated alkanes) is 7. The Hall–Kier alpha value is -1.07. The summed E-state index contributed by atoms with van der Waals surface area (Å²) in [5, 5.41) is 0. The molecular weight excluding hydrogens is 468 g/mol. The molecule has 9 heteroatoms. The molecule has 0 N–H and O–H groups in total. The van der Waals surface area contributed by atoms with Crippen LogP contribution in [0, 0.1) is 0 Å². The van der Waals surface area contributed by atoms with Crippen LogP contribution in [0.2, 0.25) is 0 Å². The number of carbonyl (C=O) groups is 1. The molecule has 0 heterocycles. The van der Waals surface area contributed by atoms with E-state index in [9.17, 15) is 4.79 Å². The third-order valence-electron chi connectivity index (χ3n) is 5.01. The first-order chi connectivity index (χ1) is 17.8. The number of hydrogen-bond donors (Lipinski definition) is 0. The molecule has 0 fully saturated rings. The summed E-state index contributed by atoms with van der Waals surface area (Å²) in [5.41, 5.74) is 0. The van der Waals surface area contributed by atoms with Gasteiger partial charge in [-0.2, -0.15) is 0 Å². The Morgan fingerprint density at radius 2 is 0.778 bits per heavy atom.